The Labute approximate surface area is 120 Å². The number of hydrogen-bond acceptors (Lipinski definition) is 4. The van der Waals surface area contributed by atoms with Crippen LogP contribution >= 0.6 is 11.8 Å². The molecule has 0 bridgehead atoms. The van der Waals surface area contributed by atoms with Crippen LogP contribution in [0, 0.1) is 11.3 Å². The Morgan fingerprint density at radius 2 is 2.32 bits per heavy atom. The summed E-state index contributed by atoms with van der Waals surface area (Å²) in [5.41, 5.74) is -0.366. The lowest BCUT2D eigenvalue weighted by Gasteiger charge is -2.22. The summed E-state index contributed by atoms with van der Waals surface area (Å²) in [4.78, 5) is 1.22. The molecule has 1 aromatic heterocycles. The van der Waals surface area contributed by atoms with Crippen molar-refractivity contribution < 1.29 is 0 Å². The SMILES string of the molecule is CCCNC(C)(C#N)CCCCSc1cnn(C)c1. The Balaban J connectivity index is 2.17. The van der Waals surface area contributed by atoms with Crippen molar-refractivity contribution in [2.45, 2.75) is 50.0 Å². The lowest BCUT2D eigenvalue weighted by atomic mass is 9.96. The molecule has 0 spiro atoms. The van der Waals surface area contributed by atoms with Gasteiger partial charge < -0.3 is 0 Å². The monoisotopic (exact) mass is 280 g/mol. The van der Waals surface area contributed by atoms with Crippen LogP contribution in [0.5, 0.6) is 0 Å². The normalized spacial score (nSPS) is 14.0. The summed E-state index contributed by atoms with van der Waals surface area (Å²) in [5, 5.41) is 16.7. The molecule has 0 aromatic carbocycles. The van der Waals surface area contributed by atoms with Crippen LogP contribution in [0.15, 0.2) is 17.3 Å². The quantitative estimate of drug-likeness (QED) is 0.558. The third-order valence-corrected chi connectivity index (χ3v) is 4.07. The first-order chi connectivity index (χ1) is 9.09. The summed E-state index contributed by atoms with van der Waals surface area (Å²) in [5.74, 6) is 1.08. The second-order valence-electron chi connectivity index (χ2n) is 5.03. The number of aryl methyl sites for hydroxylation is 1. The molecule has 19 heavy (non-hydrogen) atoms. The predicted molar refractivity (Wildman–Crippen MR) is 80.1 cm³/mol. The third-order valence-electron chi connectivity index (χ3n) is 3.03. The van der Waals surface area contributed by atoms with E-state index in [0.29, 0.717) is 0 Å². The molecule has 106 valence electrons. The van der Waals surface area contributed by atoms with Crippen molar-refractivity contribution >= 4 is 11.8 Å². The van der Waals surface area contributed by atoms with E-state index in [4.69, 9.17) is 0 Å². The highest BCUT2D eigenvalue weighted by molar-refractivity contribution is 7.99. The van der Waals surface area contributed by atoms with Crippen molar-refractivity contribution in [3.05, 3.63) is 12.4 Å². The fourth-order valence-electron chi connectivity index (χ4n) is 1.83. The second-order valence-corrected chi connectivity index (χ2v) is 6.19. The summed E-state index contributed by atoms with van der Waals surface area (Å²) < 4.78 is 1.82. The third kappa shape index (κ3) is 6.13. The first kappa shape index (κ1) is 16.1. The average Bonchev–Trinajstić information content (AvgIpc) is 2.82. The van der Waals surface area contributed by atoms with Gasteiger partial charge in [-0.15, -0.1) is 11.8 Å². The number of aromatic nitrogens is 2. The van der Waals surface area contributed by atoms with Crippen LogP contribution < -0.4 is 5.32 Å². The van der Waals surface area contributed by atoms with Gasteiger partial charge in [-0.2, -0.15) is 10.4 Å². The van der Waals surface area contributed by atoms with Crippen molar-refractivity contribution in [2.75, 3.05) is 12.3 Å². The van der Waals surface area contributed by atoms with Gasteiger partial charge in [-0.05, 0) is 44.9 Å². The topological polar surface area (TPSA) is 53.6 Å². The molecule has 0 aliphatic rings. The number of nitrogens with one attached hydrogen (secondary N) is 1. The van der Waals surface area contributed by atoms with Gasteiger partial charge in [-0.1, -0.05) is 6.92 Å². The molecule has 0 amide bonds. The number of nitrogens with zero attached hydrogens (tertiary/aromatic N) is 3. The van der Waals surface area contributed by atoms with Crippen LogP contribution in [-0.2, 0) is 7.05 Å². The van der Waals surface area contributed by atoms with Gasteiger partial charge in [-0.3, -0.25) is 10.00 Å². The van der Waals surface area contributed by atoms with Crippen LogP contribution in [0.2, 0.25) is 0 Å². The first-order valence-corrected chi connectivity index (χ1v) is 7.86. The number of thioether (sulfide) groups is 1. The Bertz CT molecular complexity index is 410. The summed E-state index contributed by atoms with van der Waals surface area (Å²) >= 11 is 1.83. The molecule has 1 aromatic rings. The molecule has 0 aliphatic heterocycles. The summed E-state index contributed by atoms with van der Waals surface area (Å²) in [6, 6.07) is 2.39. The van der Waals surface area contributed by atoms with Crippen molar-refractivity contribution in [1.82, 2.24) is 15.1 Å². The predicted octanol–water partition coefficient (Wildman–Crippen LogP) is 2.96. The first-order valence-electron chi connectivity index (χ1n) is 6.87. The molecule has 1 rings (SSSR count). The zero-order valence-electron chi connectivity index (χ0n) is 12.1. The van der Waals surface area contributed by atoms with Gasteiger partial charge in [0.25, 0.3) is 0 Å². The average molecular weight is 280 g/mol. The van der Waals surface area contributed by atoms with Crippen LogP contribution in [0.25, 0.3) is 0 Å². The van der Waals surface area contributed by atoms with Crippen molar-refractivity contribution in [3.8, 4) is 6.07 Å². The maximum Gasteiger partial charge on any atom is 0.103 e. The van der Waals surface area contributed by atoms with E-state index in [9.17, 15) is 5.26 Å². The van der Waals surface area contributed by atoms with Crippen molar-refractivity contribution in [2.24, 2.45) is 7.05 Å². The second kappa shape index (κ2) is 8.23. The summed E-state index contributed by atoms with van der Waals surface area (Å²) in [6.45, 7) is 5.03. The Morgan fingerprint density at radius 3 is 2.89 bits per heavy atom. The lowest BCUT2D eigenvalue weighted by Crippen LogP contribution is -2.41. The molecule has 1 N–H and O–H groups in total. The van der Waals surface area contributed by atoms with Gasteiger partial charge in [0.1, 0.15) is 5.54 Å². The van der Waals surface area contributed by atoms with E-state index >= 15 is 0 Å². The highest BCUT2D eigenvalue weighted by Gasteiger charge is 2.21. The van der Waals surface area contributed by atoms with Crippen LogP contribution in [-0.4, -0.2) is 27.6 Å². The molecule has 4 nitrogen and oxygen atoms in total. The largest absolute Gasteiger partial charge is 0.300 e. The van der Waals surface area contributed by atoms with E-state index in [2.05, 4.69) is 23.4 Å². The molecule has 0 saturated heterocycles. The molecule has 1 heterocycles. The van der Waals surface area contributed by atoms with Gasteiger partial charge in [0.05, 0.1) is 12.3 Å². The molecule has 0 fully saturated rings. The minimum atomic E-state index is -0.366. The number of hydrogen-bond donors (Lipinski definition) is 1. The molecule has 1 unspecified atom stereocenters. The Morgan fingerprint density at radius 1 is 1.53 bits per heavy atom. The molecule has 1 atom stereocenters. The van der Waals surface area contributed by atoms with Crippen LogP contribution in [0.3, 0.4) is 0 Å². The van der Waals surface area contributed by atoms with Gasteiger partial charge in [-0.25, -0.2) is 0 Å². The van der Waals surface area contributed by atoms with Crippen molar-refractivity contribution in [3.63, 3.8) is 0 Å². The number of nitriles is 1. The molecule has 0 radical (unpaired) electrons. The zero-order chi connectivity index (χ0) is 14.1. The van der Waals surface area contributed by atoms with E-state index in [1.54, 1.807) is 0 Å². The Kier molecular flexibility index (Phi) is 6.96. The van der Waals surface area contributed by atoms with E-state index in [1.807, 2.05) is 42.8 Å². The van der Waals surface area contributed by atoms with Crippen LogP contribution in [0.1, 0.15) is 39.5 Å². The van der Waals surface area contributed by atoms with E-state index in [-0.39, 0.29) is 5.54 Å². The highest BCUT2D eigenvalue weighted by atomic mass is 32.2. The van der Waals surface area contributed by atoms with Crippen molar-refractivity contribution in [1.29, 1.82) is 5.26 Å². The summed E-state index contributed by atoms with van der Waals surface area (Å²) in [7, 11) is 1.93. The summed E-state index contributed by atoms with van der Waals surface area (Å²) in [6.07, 6.45) is 8.11. The number of unbranched alkanes of at least 4 members (excludes halogenated alkanes) is 1. The standard InChI is InChI=1S/C14H24N4S/c1-4-8-16-14(2,12-15)7-5-6-9-19-13-10-17-18(3)11-13/h10-11,16H,4-9H2,1-3H3. The van der Waals surface area contributed by atoms with Gasteiger partial charge in [0.15, 0.2) is 0 Å². The number of rotatable bonds is 9. The van der Waals surface area contributed by atoms with E-state index in [1.165, 1.54) is 4.90 Å². The van der Waals surface area contributed by atoms with E-state index < -0.39 is 0 Å². The van der Waals surface area contributed by atoms with Gasteiger partial charge in [0, 0.05) is 18.1 Å². The minimum absolute atomic E-state index is 0.366. The Hall–Kier alpha value is -0.990. The molecular weight excluding hydrogens is 256 g/mol. The van der Waals surface area contributed by atoms with Gasteiger partial charge in [0.2, 0.25) is 0 Å². The maximum atomic E-state index is 9.22. The molecule has 0 saturated carbocycles. The maximum absolute atomic E-state index is 9.22. The molecule has 5 heteroatoms. The van der Waals surface area contributed by atoms with E-state index in [0.717, 1.165) is 38.0 Å². The highest BCUT2D eigenvalue weighted by Crippen LogP contribution is 2.20. The minimum Gasteiger partial charge on any atom is -0.300 e. The lowest BCUT2D eigenvalue weighted by molar-refractivity contribution is 0.406. The molecular formula is C14H24N4S. The molecule has 0 aliphatic carbocycles. The fourth-order valence-corrected chi connectivity index (χ4v) is 2.76. The fraction of sp³-hybridized carbons (Fsp3) is 0.714. The zero-order valence-corrected chi connectivity index (χ0v) is 13.0. The smallest absolute Gasteiger partial charge is 0.103 e. The van der Waals surface area contributed by atoms with Crippen LogP contribution in [0.4, 0.5) is 0 Å². The van der Waals surface area contributed by atoms with Gasteiger partial charge >= 0.3 is 0 Å².